The number of hydrogen-bond donors (Lipinski definition) is 3. The normalized spacial score (nSPS) is 6.75. The molecule has 0 atom stereocenters. The van der Waals surface area contributed by atoms with Crippen molar-refractivity contribution in [1.82, 2.24) is 0 Å². The minimum absolute atomic E-state index is 0. The quantitative estimate of drug-likeness (QED) is 0.662. The van der Waals surface area contributed by atoms with Crippen LogP contribution in [0.15, 0.2) is 36.5 Å². The molecule has 0 fully saturated rings. The van der Waals surface area contributed by atoms with Crippen LogP contribution >= 0.6 is 0 Å². The van der Waals surface area contributed by atoms with Crippen LogP contribution in [0.1, 0.15) is 20.8 Å². The summed E-state index contributed by atoms with van der Waals surface area (Å²) in [4.78, 5) is 28.8. The molecule has 0 amide bonds. The Balaban J connectivity index is -0.0000000536. The molecule has 0 aliphatic heterocycles. The van der Waals surface area contributed by atoms with Crippen LogP contribution in [0.25, 0.3) is 0 Å². The number of carbonyl (C=O) groups is 3. The van der Waals surface area contributed by atoms with E-state index >= 15 is 0 Å². The molecule has 20 heavy (non-hydrogen) atoms. The number of carboxylic acid groups (broad SMARTS) is 3. The van der Waals surface area contributed by atoms with Crippen molar-refractivity contribution < 1.29 is 52.5 Å². The van der Waals surface area contributed by atoms with E-state index in [1.54, 1.807) is 0 Å². The van der Waals surface area contributed by atoms with Crippen molar-refractivity contribution in [2.45, 2.75) is 20.8 Å². The van der Waals surface area contributed by atoms with E-state index in [-0.39, 0.29) is 39.6 Å². The minimum atomic E-state index is -0.935. The summed E-state index contributed by atoms with van der Waals surface area (Å²) in [6.07, 6.45) is 0. The average molecular weight is 328 g/mol. The Hall–Kier alpha value is -1.88. The smallest absolute Gasteiger partial charge is 0.330 e. The maximum atomic E-state index is 9.60. The van der Waals surface area contributed by atoms with E-state index in [1.807, 2.05) is 0 Å². The molecule has 8 heteroatoms. The van der Waals surface area contributed by atoms with Gasteiger partial charge in [-0.1, -0.05) is 19.7 Å². The first-order valence-corrected chi connectivity index (χ1v) is 4.59. The van der Waals surface area contributed by atoms with Crippen LogP contribution < -0.4 is 0 Å². The summed E-state index contributed by atoms with van der Waals surface area (Å²) in [5.41, 5.74) is 0.528. The van der Waals surface area contributed by atoms with Crippen LogP contribution in [0.5, 0.6) is 0 Å². The molecule has 0 aliphatic rings. The van der Waals surface area contributed by atoms with Gasteiger partial charge in [0.15, 0.2) is 0 Å². The van der Waals surface area contributed by atoms with Gasteiger partial charge in [0.1, 0.15) is 0 Å². The first kappa shape index (κ1) is 30.9. The SMILES string of the molecule is C=C(C)C(=O)O.C=C(C)C(=O)O.C=C(C)C(=O)O.O.[Cr]. The predicted octanol–water partition coefficient (Wildman–Crippen LogP) is 1.11. The zero-order valence-corrected chi connectivity index (χ0v) is 12.9. The Morgan fingerprint density at radius 1 is 0.650 bits per heavy atom. The van der Waals surface area contributed by atoms with Crippen LogP contribution in [-0.2, 0) is 31.7 Å². The van der Waals surface area contributed by atoms with Gasteiger partial charge < -0.3 is 20.8 Å². The first-order valence-electron chi connectivity index (χ1n) is 4.59. The molecule has 0 aromatic carbocycles. The van der Waals surface area contributed by atoms with Gasteiger partial charge in [-0.25, -0.2) is 14.4 Å². The van der Waals surface area contributed by atoms with Gasteiger partial charge in [-0.3, -0.25) is 0 Å². The Morgan fingerprint density at radius 3 is 0.700 bits per heavy atom. The second kappa shape index (κ2) is 17.1. The monoisotopic (exact) mass is 328 g/mol. The standard InChI is InChI=1S/3C4H6O2.Cr.H2O/c3*1-3(2)4(5)6;;/h3*1H2,2H3,(H,5,6);;1H2. The maximum absolute atomic E-state index is 9.60. The molecule has 7 nitrogen and oxygen atoms in total. The van der Waals surface area contributed by atoms with E-state index in [0.717, 1.165) is 0 Å². The summed E-state index contributed by atoms with van der Waals surface area (Å²) in [6.45, 7) is 13.8. The molecule has 0 saturated heterocycles. The number of carboxylic acids is 3. The first-order chi connectivity index (χ1) is 7.93. The fourth-order valence-electron chi connectivity index (χ4n) is 0. The Bertz CT molecular complexity index is 279. The molecule has 116 valence electrons. The van der Waals surface area contributed by atoms with Crippen LogP contribution in [-0.4, -0.2) is 38.7 Å². The van der Waals surface area contributed by atoms with Crippen molar-refractivity contribution in [3.63, 3.8) is 0 Å². The molecular weight excluding hydrogens is 308 g/mol. The van der Waals surface area contributed by atoms with Crippen LogP contribution in [0.2, 0.25) is 0 Å². The molecule has 0 spiro atoms. The third-order valence-electron chi connectivity index (χ3n) is 1.10. The molecule has 0 aromatic heterocycles. The van der Waals surface area contributed by atoms with Crippen molar-refractivity contribution >= 4 is 17.9 Å². The fourth-order valence-corrected chi connectivity index (χ4v) is 0. The molecule has 0 rings (SSSR count). The molecule has 0 aliphatic carbocycles. The van der Waals surface area contributed by atoms with Gasteiger partial charge in [-0.05, 0) is 20.8 Å². The van der Waals surface area contributed by atoms with E-state index in [9.17, 15) is 14.4 Å². The van der Waals surface area contributed by atoms with Gasteiger partial charge in [0, 0.05) is 34.1 Å². The van der Waals surface area contributed by atoms with Crippen LogP contribution in [0.4, 0.5) is 0 Å². The largest absolute Gasteiger partial charge is 0.478 e. The molecule has 0 saturated carbocycles. The Morgan fingerprint density at radius 2 is 0.700 bits per heavy atom. The van der Waals surface area contributed by atoms with Crippen molar-refractivity contribution in [3.8, 4) is 0 Å². The van der Waals surface area contributed by atoms with Crippen LogP contribution in [0.3, 0.4) is 0 Å². The minimum Gasteiger partial charge on any atom is -0.478 e. The number of rotatable bonds is 3. The number of hydrogen-bond acceptors (Lipinski definition) is 3. The third kappa shape index (κ3) is 36.0. The molecule has 0 radical (unpaired) electrons. The maximum Gasteiger partial charge on any atom is 0.330 e. The summed E-state index contributed by atoms with van der Waals surface area (Å²) >= 11 is 0. The predicted molar refractivity (Wildman–Crippen MR) is 71.0 cm³/mol. The molecular formula is C12H20CrO7. The summed E-state index contributed by atoms with van der Waals surface area (Å²) in [5, 5.41) is 23.7. The van der Waals surface area contributed by atoms with Gasteiger partial charge in [-0.15, -0.1) is 0 Å². The zero-order valence-electron chi connectivity index (χ0n) is 11.6. The zero-order chi connectivity index (χ0) is 15.5. The second-order valence-corrected chi connectivity index (χ2v) is 3.26. The number of aliphatic carboxylic acids is 3. The van der Waals surface area contributed by atoms with Gasteiger partial charge in [0.25, 0.3) is 0 Å². The van der Waals surface area contributed by atoms with Crippen molar-refractivity contribution in [2.75, 3.05) is 0 Å². The summed E-state index contributed by atoms with van der Waals surface area (Å²) in [5.74, 6) is -2.81. The van der Waals surface area contributed by atoms with Gasteiger partial charge >= 0.3 is 17.9 Å². The fraction of sp³-hybridized carbons (Fsp3) is 0.250. The van der Waals surface area contributed by atoms with Crippen LogP contribution in [0, 0.1) is 0 Å². The molecule has 0 bridgehead atoms. The molecule has 0 heterocycles. The Kier molecular flexibility index (Phi) is 26.4. The van der Waals surface area contributed by atoms with E-state index in [4.69, 9.17) is 15.3 Å². The summed E-state index contributed by atoms with van der Waals surface area (Å²) < 4.78 is 0. The summed E-state index contributed by atoms with van der Waals surface area (Å²) in [7, 11) is 0. The van der Waals surface area contributed by atoms with E-state index < -0.39 is 17.9 Å². The van der Waals surface area contributed by atoms with Crippen molar-refractivity contribution in [2.24, 2.45) is 0 Å². The van der Waals surface area contributed by atoms with E-state index in [2.05, 4.69) is 19.7 Å². The van der Waals surface area contributed by atoms with Gasteiger partial charge in [0.05, 0.1) is 0 Å². The van der Waals surface area contributed by atoms with Gasteiger partial charge in [0.2, 0.25) is 0 Å². The van der Waals surface area contributed by atoms with E-state index in [1.165, 1.54) is 20.8 Å². The summed E-state index contributed by atoms with van der Waals surface area (Å²) in [6, 6.07) is 0. The molecule has 0 aromatic rings. The van der Waals surface area contributed by atoms with Gasteiger partial charge in [-0.2, -0.15) is 0 Å². The average Bonchev–Trinajstić information content (AvgIpc) is 2.18. The third-order valence-corrected chi connectivity index (χ3v) is 1.10. The Labute approximate surface area is 128 Å². The molecule has 5 N–H and O–H groups in total. The van der Waals surface area contributed by atoms with Crippen molar-refractivity contribution in [1.29, 1.82) is 0 Å². The topological polar surface area (TPSA) is 143 Å². The second-order valence-electron chi connectivity index (χ2n) is 3.26. The van der Waals surface area contributed by atoms with E-state index in [0.29, 0.717) is 0 Å². The van der Waals surface area contributed by atoms with Crippen molar-refractivity contribution in [3.05, 3.63) is 36.5 Å². The molecule has 0 unspecified atom stereocenters.